The summed E-state index contributed by atoms with van der Waals surface area (Å²) in [4.78, 5) is 11.6. The molecule has 0 bridgehead atoms. The minimum atomic E-state index is 0.154. The first-order valence-electron chi connectivity index (χ1n) is 9.24. The number of benzene rings is 2. The smallest absolute Gasteiger partial charge is 0.133 e. The highest BCUT2D eigenvalue weighted by atomic mass is 16.5. The van der Waals surface area contributed by atoms with Gasteiger partial charge in [-0.2, -0.15) is 0 Å². The third-order valence-electron chi connectivity index (χ3n) is 4.90. The fourth-order valence-corrected chi connectivity index (χ4v) is 3.51. The van der Waals surface area contributed by atoms with Crippen LogP contribution in [0.4, 0.5) is 0 Å². The van der Waals surface area contributed by atoms with E-state index >= 15 is 0 Å². The molecule has 0 heterocycles. The van der Waals surface area contributed by atoms with Crippen LogP contribution in [0.1, 0.15) is 55.6 Å². The Hall–Kier alpha value is -2.29. The number of phenols is 1. The first-order chi connectivity index (χ1) is 12.2. The third kappa shape index (κ3) is 5.09. The molecule has 25 heavy (non-hydrogen) atoms. The zero-order chi connectivity index (χ0) is 17.5. The van der Waals surface area contributed by atoms with Crippen molar-refractivity contribution in [3.63, 3.8) is 0 Å². The predicted molar refractivity (Wildman–Crippen MR) is 99.2 cm³/mol. The average molecular weight is 338 g/mol. The van der Waals surface area contributed by atoms with E-state index < -0.39 is 0 Å². The number of aromatic hydroxyl groups is 1. The van der Waals surface area contributed by atoms with Crippen LogP contribution in [0, 0.1) is 0 Å². The van der Waals surface area contributed by atoms with E-state index in [1.165, 1.54) is 5.56 Å². The number of aryl methyl sites for hydroxylation is 1. The molecule has 1 aliphatic carbocycles. The molecule has 1 aliphatic rings. The molecule has 1 fully saturated rings. The molecule has 0 spiro atoms. The van der Waals surface area contributed by atoms with Gasteiger partial charge in [-0.25, -0.2) is 0 Å². The van der Waals surface area contributed by atoms with Crippen molar-refractivity contribution < 1.29 is 14.6 Å². The molecule has 0 amide bonds. The number of hydrogen-bond donors (Lipinski definition) is 1. The zero-order valence-corrected chi connectivity index (χ0v) is 14.6. The van der Waals surface area contributed by atoms with Gasteiger partial charge in [0, 0.05) is 18.9 Å². The maximum absolute atomic E-state index is 11.6. The van der Waals surface area contributed by atoms with E-state index in [2.05, 4.69) is 24.3 Å². The number of ketones is 1. The molecule has 1 unspecified atom stereocenters. The average Bonchev–Trinajstić information content (AvgIpc) is 2.62. The van der Waals surface area contributed by atoms with Crippen LogP contribution in [-0.2, 0) is 11.2 Å². The quantitative estimate of drug-likeness (QED) is 0.721. The molecule has 3 heteroatoms. The van der Waals surface area contributed by atoms with Gasteiger partial charge < -0.3 is 9.84 Å². The number of rotatable bonds is 7. The minimum absolute atomic E-state index is 0.154. The normalized spacial score (nSPS) is 17.4. The van der Waals surface area contributed by atoms with Crippen molar-refractivity contribution in [3.05, 3.63) is 59.7 Å². The van der Waals surface area contributed by atoms with Gasteiger partial charge in [0.2, 0.25) is 0 Å². The summed E-state index contributed by atoms with van der Waals surface area (Å²) in [5, 5.41) is 10.3. The second-order valence-corrected chi connectivity index (χ2v) is 6.84. The van der Waals surface area contributed by atoms with Crippen molar-refractivity contribution >= 4 is 5.78 Å². The Morgan fingerprint density at radius 2 is 1.92 bits per heavy atom. The summed E-state index contributed by atoms with van der Waals surface area (Å²) in [6.07, 6.45) is 6.24. The molecule has 1 N–H and O–H groups in total. The lowest BCUT2D eigenvalue weighted by Gasteiger charge is -2.22. The maximum Gasteiger partial charge on any atom is 0.133 e. The van der Waals surface area contributed by atoms with Crippen LogP contribution >= 0.6 is 0 Å². The molecule has 132 valence electrons. The van der Waals surface area contributed by atoms with Gasteiger partial charge in [0.1, 0.15) is 17.3 Å². The van der Waals surface area contributed by atoms with Gasteiger partial charge >= 0.3 is 0 Å². The lowest BCUT2D eigenvalue weighted by Crippen LogP contribution is -2.13. The summed E-state index contributed by atoms with van der Waals surface area (Å²) in [6, 6.07) is 16.0. The van der Waals surface area contributed by atoms with Crippen molar-refractivity contribution in [1.82, 2.24) is 0 Å². The molecule has 0 aliphatic heterocycles. The summed E-state index contributed by atoms with van der Waals surface area (Å²) < 4.78 is 5.76. The van der Waals surface area contributed by atoms with E-state index in [0.29, 0.717) is 31.0 Å². The number of phenolic OH excluding ortho intramolecular Hbond substituents is 1. The predicted octanol–water partition coefficient (Wildman–Crippen LogP) is 5.02. The van der Waals surface area contributed by atoms with E-state index in [0.717, 1.165) is 37.7 Å². The second-order valence-electron chi connectivity index (χ2n) is 6.84. The number of carbonyl (C=O) groups excluding carboxylic acids is 1. The zero-order valence-electron chi connectivity index (χ0n) is 14.6. The molecule has 1 saturated carbocycles. The Balaban J connectivity index is 1.45. The van der Waals surface area contributed by atoms with E-state index in [4.69, 9.17) is 4.74 Å². The Morgan fingerprint density at radius 1 is 1.08 bits per heavy atom. The lowest BCUT2D eigenvalue weighted by atomic mass is 9.83. The number of ether oxygens (including phenoxy) is 1. The van der Waals surface area contributed by atoms with Crippen LogP contribution < -0.4 is 4.74 Å². The largest absolute Gasteiger partial charge is 0.508 e. The van der Waals surface area contributed by atoms with Crippen molar-refractivity contribution in [2.75, 3.05) is 6.61 Å². The van der Waals surface area contributed by atoms with Gasteiger partial charge in [0.15, 0.2) is 0 Å². The number of carbonyl (C=O) groups is 1. The third-order valence-corrected chi connectivity index (χ3v) is 4.90. The SMILES string of the molecule is O=C1CCCC(c2ccc(OCCCCc3ccccc3)cc2O)C1. The van der Waals surface area contributed by atoms with Crippen LogP contribution in [0.3, 0.4) is 0 Å². The van der Waals surface area contributed by atoms with Crippen LogP contribution in [0.25, 0.3) is 0 Å². The Kier molecular flexibility index (Phi) is 6.10. The molecule has 3 nitrogen and oxygen atoms in total. The van der Waals surface area contributed by atoms with Crippen LogP contribution in [-0.4, -0.2) is 17.5 Å². The summed E-state index contributed by atoms with van der Waals surface area (Å²) in [5.41, 5.74) is 2.23. The molecule has 3 rings (SSSR count). The molecule has 0 radical (unpaired) electrons. The molecule has 1 atom stereocenters. The van der Waals surface area contributed by atoms with Crippen molar-refractivity contribution in [2.24, 2.45) is 0 Å². The molecule has 0 aromatic heterocycles. The Morgan fingerprint density at radius 3 is 2.68 bits per heavy atom. The first-order valence-corrected chi connectivity index (χ1v) is 9.24. The fraction of sp³-hybridized carbons (Fsp3) is 0.409. The molecular weight excluding hydrogens is 312 g/mol. The minimum Gasteiger partial charge on any atom is -0.508 e. The van der Waals surface area contributed by atoms with Crippen LogP contribution in [0.5, 0.6) is 11.5 Å². The maximum atomic E-state index is 11.6. The molecular formula is C22H26O3. The summed E-state index contributed by atoms with van der Waals surface area (Å²) >= 11 is 0. The fourth-order valence-electron chi connectivity index (χ4n) is 3.51. The van der Waals surface area contributed by atoms with Gasteiger partial charge in [0.25, 0.3) is 0 Å². The van der Waals surface area contributed by atoms with Gasteiger partial charge in [-0.1, -0.05) is 36.4 Å². The lowest BCUT2D eigenvalue weighted by molar-refractivity contribution is -0.120. The van der Waals surface area contributed by atoms with E-state index in [-0.39, 0.29) is 11.7 Å². The monoisotopic (exact) mass is 338 g/mol. The van der Waals surface area contributed by atoms with Gasteiger partial charge in [0.05, 0.1) is 6.61 Å². The molecule has 0 saturated heterocycles. The molecule has 2 aromatic rings. The van der Waals surface area contributed by atoms with Gasteiger partial charge in [-0.3, -0.25) is 4.79 Å². The van der Waals surface area contributed by atoms with Gasteiger partial charge in [-0.15, -0.1) is 0 Å². The number of Topliss-reactive ketones (excluding diaryl/α,β-unsaturated/α-hetero) is 1. The van der Waals surface area contributed by atoms with E-state index in [1.807, 2.05) is 18.2 Å². The topological polar surface area (TPSA) is 46.5 Å². The van der Waals surface area contributed by atoms with E-state index in [1.54, 1.807) is 6.07 Å². The Labute approximate surface area is 149 Å². The highest BCUT2D eigenvalue weighted by molar-refractivity contribution is 5.80. The highest BCUT2D eigenvalue weighted by Crippen LogP contribution is 2.37. The number of unbranched alkanes of at least 4 members (excludes halogenated alkanes) is 1. The van der Waals surface area contributed by atoms with Crippen molar-refractivity contribution in [2.45, 2.75) is 50.9 Å². The summed E-state index contributed by atoms with van der Waals surface area (Å²) in [7, 11) is 0. The van der Waals surface area contributed by atoms with Crippen molar-refractivity contribution in [1.29, 1.82) is 0 Å². The van der Waals surface area contributed by atoms with E-state index in [9.17, 15) is 9.90 Å². The second kappa shape index (κ2) is 8.70. The summed E-state index contributed by atoms with van der Waals surface area (Å²) in [5.74, 6) is 1.40. The summed E-state index contributed by atoms with van der Waals surface area (Å²) in [6.45, 7) is 0.646. The first kappa shape index (κ1) is 17.5. The Bertz CT molecular complexity index is 694. The number of hydrogen-bond acceptors (Lipinski definition) is 3. The van der Waals surface area contributed by atoms with Gasteiger partial charge in [-0.05, 0) is 55.2 Å². The standard InChI is InChI=1S/C22H26O3/c23-19-11-6-10-18(15-19)21-13-12-20(16-22(21)24)25-14-5-4-9-17-7-2-1-3-8-17/h1-3,7-8,12-13,16,18,24H,4-6,9-11,14-15H2. The molecule has 2 aromatic carbocycles. The van der Waals surface area contributed by atoms with Crippen molar-refractivity contribution in [3.8, 4) is 11.5 Å². The highest BCUT2D eigenvalue weighted by Gasteiger charge is 2.23. The van der Waals surface area contributed by atoms with Crippen LogP contribution in [0.2, 0.25) is 0 Å². The van der Waals surface area contributed by atoms with Crippen LogP contribution in [0.15, 0.2) is 48.5 Å².